The van der Waals surface area contributed by atoms with E-state index in [0.717, 1.165) is 24.2 Å². The molecule has 0 radical (unpaired) electrons. The molecule has 0 amide bonds. The molecule has 1 N–H and O–H groups in total. The number of rotatable bonds is 7. The van der Waals surface area contributed by atoms with Crippen molar-refractivity contribution >= 4 is 5.69 Å². The molecule has 0 bridgehead atoms. The van der Waals surface area contributed by atoms with Crippen molar-refractivity contribution in [3.63, 3.8) is 0 Å². The average Bonchev–Trinajstić information content (AvgIpc) is 2.36. The van der Waals surface area contributed by atoms with Gasteiger partial charge in [-0.15, -0.1) is 0 Å². The van der Waals surface area contributed by atoms with Crippen LogP contribution >= 0.6 is 0 Å². The van der Waals surface area contributed by atoms with Gasteiger partial charge in [0.15, 0.2) is 0 Å². The summed E-state index contributed by atoms with van der Waals surface area (Å²) in [5.74, 6) is 0. The Balaban J connectivity index is 2.64. The van der Waals surface area contributed by atoms with Crippen molar-refractivity contribution in [2.75, 3.05) is 25.0 Å². The lowest BCUT2D eigenvalue weighted by Gasteiger charge is -2.22. The molecule has 6 heteroatoms. The molecule has 0 aromatic carbocycles. The fourth-order valence-electron chi connectivity index (χ4n) is 1.72. The number of nitrogens with zero attached hydrogens (tertiary/aromatic N) is 2. The van der Waals surface area contributed by atoms with Gasteiger partial charge in [0.05, 0.1) is 18.3 Å². The first-order valence-electron chi connectivity index (χ1n) is 6.35. The number of nitrogens with one attached hydrogen (secondary N) is 1. The zero-order valence-corrected chi connectivity index (χ0v) is 11.3. The van der Waals surface area contributed by atoms with Gasteiger partial charge in [-0.1, -0.05) is 6.92 Å². The first kappa shape index (κ1) is 15.8. The first-order chi connectivity index (χ1) is 8.94. The van der Waals surface area contributed by atoms with Gasteiger partial charge in [-0.2, -0.15) is 13.2 Å². The van der Waals surface area contributed by atoms with Crippen molar-refractivity contribution in [2.45, 2.75) is 32.5 Å². The summed E-state index contributed by atoms with van der Waals surface area (Å²) in [5, 5.41) is 3.24. The maximum absolute atomic E-state index is 12.2. The molecule has 0 aliphatic heterocycles. The first-order valence-corrected chi connectivity index (χ1v) is 6.35. The second-order valence-corrected chi connectivity index (χ2v) is 4.47. The van der Waals surface area contributed by atoms with Gasteiger partial charge in [-0.05, 0) is 24.6 Å². The molecule has 0 saturated carbocycles. The van der Waals surface area contributed by atoms with Gasteiger partial charge in [0.1, 0.15) is 0 Å². The van der Waals surface area contributed by atoms with Gasteiger partial charge in [0, 0.05) is 26.3 Å². The van der Waals surface area contributed by atoms with Crippen LogP contribution in [0.15, 0.2) is 18.5 Å². The van der Waals surface area contributed by atoms with E-state index in [1.807, 2.05) is 6.07 Å². The summed E-state index contributed by atoms with van der Waals surface area (Å²) in [7, 11) is 1.66. The predicted octanol–water partition coefficient (Wildman–Crippen LogP) is 2.97. The van der Waals surface area contributed by atoms with Crippen LogP contribution in [0.2, 0.25) is 0 Å². The molecule has 1 heterocycles. The second kappa shape index (κ2) is 7.33. The van der Waals surface area contributed by atoms with Crippen molar-refractivity contribution in [3.8, 4) is 0 Å². The summed E-state index contributed by atoms with van der Waals surface area (Å²) in [5.41, 5.74) is 1.71. The third kappa shape index (κ3) is 5.92. The van der Waals surface area contributed by atoms with E-state index in [2.05, 4.69) is 17.2 Å². The van der Waals surface area contributed by atoms with E-state index in [1.54, 1.807) is 24.3 Å². The molecule has 108 valence electrons. The van der Waals surface area contributed by atoms with Crippen LogP contribution in [-0.4, -0.2) is 31.3 Å². The summed E-state index contributed by atoms with van der Waals surface area (Å²) in [6.45, 7) is 3.53. The Labute approximate surface area is 111 Å². The highest BCUT2D eigenvalue weighted by molar-refractivity contribution is 5.50. The average molecular weight is 275 g/mol. The maximum atomic E-state index is 12.2. The molecule has 1 aromatic rings. The van der Waals surface area contributed by atoms with Crippen LogP contribution in [0, 0.1) is 0 Å². The molecule has 1 aromatic heterocycles. The van der Waals surface area contributed by atoms with Gasteiger partial charge in [0.25, 0.3) is 0 Å². The minimum atomic E-state index is -4.13. The van der Waals surface area contributed by atoms with Crippen molar-refractivity contribution in [1.82, 2.24) is 10.3 Å². The molecular weight excluding hydrogens is 255 g/mol. The highest BCUT2D eigenvalue weighted by Crippen LogP contribution is 2.23. The van der Waals surface area contributed by atoms with E-state index in [-0.39, 0.29) is 6.54 Å². The maximum Gasteiger partial charge on any atom is 0.390 e. The summed E-state index contributed by atoms with van der Waals surface area (Å²) in [4.78, 5) is 5.59. The van der Waals surface area contributed by atoms with Crippen LogP contribution in [0.3, 0.4) is 0 Å². The van der Waals surface area contributed by atoms with Gasteiger partial charge < -0.3 is 10.2 Å². The Morgan fingerprint density at radius 3 is 2.74 bits per heavy atom. The van der Waals surface area contributed by atoms with E-state index in [4.69, 9.17) is 0 Å². The molecular formula is C13H20F3N3. The number of hydrogen-bond acceptors (Lipinski definition) is 3. The van der Waals surface area contributed by atoms with E-state index >= 15 is 0 Å². The molecule has 0 fully saturated rings. The number of halogens is 3. The van der Waals surface area contributed by atoms with Crippen LogP contribution in [0.1, 0.15) is 25.3 Å². The lowest BCUT2D eigenvalue weighted by atomic mass is 10.2. The Morgan fingerprint density at radius 1 is 1.37 bits per heavy atom. The molecule has 0 atom stereocenters. The lowest BCUT2D eigenvalue weighted by molar-refractivity contribution is -0.132. The van der Waals surface area contributed by atoms with E-state index in [0.29, 0.717) is 6.54 Å². The number of hydrogen-bond donors (Lipinski definition) is 1. The number of alkyl halides is 3. The van der Waals surface area contributed by atoms with Crippen LogP contribution in [-0.2, 0) is 6.54 Å². The minimum Gasteiger partial charge on any atom is -0.373 e. The van der Waals surface area contributed by atoms with Gasteiger partial charge in [-0.25, -0.2) is 0 Å². The molecule has 0 spiro atoms. The Kier molecular flexibility index (Phi) is 6.08. The van der Waals surface area contributed by atoms with Crippen LogP contribution in [0.5, 0.6) is 0 Å². The highest BCUT2D eigenvalue weighted by Gasteiger charge is 2.27. The van der Waals surface area contributed by atoms with Gasteiger partial charge in [0.2, 0.25) is 0 Å². The molecule has 0 aliphatic rings. The Bertz CT molecular complexity index is 380. The zero-order chi connectivity index (χ0) is 14.3. The van der Waals surface area contributed by atoms with Crippen LogP contribution < -0.4 is 10.2 Å². The third-order valence-corrected chi connectivity index (χ3v) is 2.77. The molecule has 0 aliphatic carbocycles. The summed E-state index contributed by atoms with van der Waals surface area (Å²) >= 11 is 0. The van der Waals surface area contributed by atoms with Crippen LogP contribution in [0.25, 0.3) is 0 Å². The number of aromatic nitrogens is 1. The van der Waals surface area contributed by atoms with Crippen LogP contribution in [0.4, 0.5) is 18.9 Å². The summed E-state index contributed by atoms with van der Waals surface area (Å²) in [6.07, 6.45) is -0.662. The number of pyridine rings is 1. The fraction of sp³-hybridized carbons (Fsp3) is 0.615. The topological polar surface area (TPSA) is 28.2 Å². The predicted molar refractivity (Wildman–Crippen MR) is 70.2 cm³/mol. The van der Waals surface area contributed by atoms with Crippen molar-refractivity contribution in [2.24, 2.45) is 0 Å². The smallest absolute Gasteiger partial charge is 0.373 e. The molecule has 0 unspecified atom stereocenters. The lowest BCUT2D eigenvalue weighted by Crippen LogP contribution is -2.26. The number of anilines is 1. The summed E-state index contributed by atoms with van der Waals surface area (Å²) in [6, 6.07) is 1.84. The van der Waals surface area contributed by atoms with Crippen molar-refractivity contribution in [1.29, 1.82) is 0 Å². The Morgan fingerprint density at radius 2 is 2.11 bits per heavy atom. The largest absolute Gasteiger partial charge is 0.390 e. The molecule has 3 nitrogen and oxygen atoms in total. The van der Waals surface area contributed by atoms with Gasteiger partial charge in [-0.3, -0.25) is 4.98 Å². The van der Waals surface area contributed by atoms with E-state index in [9.17, 15) is 13.2 Å². The van der Waals surface area contributed by atoms with Crippen molar-refractivity contribution in [3.05, 3.63) is 24.0 Å². The SMILES string of the molecule is CCCNCc1ccncc1N(C)CCC(F)(F)F. The fourth-order valence-corrected chi connectivity index (χ4v) is 1.72. The van der Waals surface area contributed by atoms with Crippen molar-refractivity contribution < 1.29 is 13.2 Å². The Hall–Kier alpha value is -1.30. The molecule has 19 heavy (non-hydrogen) atoms. The quantitative estimate of drug-likeness (QED) is 0.775. The zero-order valence-electron chi connectivity index (χ0n) is 11.3. The normalized spacial score (nSPS) is 11.6. The molecule has 0 saturated heterocycles. The third-order valence-electron chi connectivity index (χ3n) is 2.77. The molecule has 1 rings (SSSR count). The minimum absolute atomic E-state index is 0.0596. The van der Waals surface area contributed by atoms with E-state index < -0.39 is 12.6 Å². The van der Waals surface area contributed by atoms with Gasteiger partial charge >= 0.3 is 6.18 Å². The van der Waals surface area contributed by atoms with E-state index in [1.165, 1.54) is 0 Å². The second-order valence-electron chi connectivity index (χ2n) is 4.47. The highest BCUT2D eigenvalue weighted by atomic mass is 19.4. The monoisotopic (exact) mass is 275 g/mol. The standard InChI is InChI=1S/C13H20F3N3/c1-3-6-17-9-11-4-7-18-10-12(11)19(2)8-5-13(14,15)16/h4,7,10,17H,3,5-6,8-9H2,1-2H3. The summed E-state index contributed by atoms with van der Waals surface area (Å²) < 4.78 is 36.7.